The van der Waals surface area contributed by atoms with Crippen molar-refractivity contribution in [1.82, 2.24) is 44.9 Å². The van der Waals surface area contributed by atoms with E-state index < -0.39 is 11.6 Å². The molecule has 0 aliphatic carbocycles. The molecular weight excluding hydrogens is 1250 g/mol. The van der Waals surface area contributed by atoms with Gasteiger partial charge in [-0.3, -0.25) is 34.9 Å². The molecule has 8 aromatic heterocycles. The van der Waals surface area contributed by atoms with Crippen molar-refractivity contribution in [3.8, 4) is 23.3 Å². The highest BCUT2D eigenvalue weighted by atomic mass is 35.5. The molecule has 0 spiro atoms. The van der Waals surface area contributed by atoms with Crippen molar-refractivity contribution in [2.24, 2.45) is 0 Å². The maximum atomic E-state index is 13.6. The number of hydrogen-bond donors (Lipinski definition) is 0. The zero-order valence-corrected chi connectivity index (χ0v) is 63.3. The SMILES string of the molecule is CC(C)(C)c1ccc(Cl)cn1.CC(C)(C)c1ccccn1.CC(C)(C)c1cccnc1.CC(C)(C)c1cccnc1Oc1ccc(F)cc1.CC(C)(C)c1cccnc1Oc1ccc(F)cc1F.CC(C)(C)c1ccncc1.CC(C)(C)c1cnccn1.Cc1cccnc1C(C)C. The molecule has 10 rings (SSSR count). The van der Waals surface area contributed by atoms with Crippen LogP contribution in [0.25, 0.3) is 0 Å². The van der Waals surface area contributed by atoms with Crippen molar-refractivity contribution in [3.63, 3.8) is 0 Å². The molecule has 0 N–H and O–H groups in total. The normalized spacial score (nSPS) is 11.4. The van der Waals surface area contributed by atoms with Gasteiger partial charge in [-0.1, -0.05) is 201 Å². The third kappa shape index (κ3) is 31.6. The standard InChI is InChI=1S/C15H15F2NO.C15H16FNO.C9H12ClN.4C9H13N.C8H12N2/c1-15(2,3)11-5-4-8-18-14(11)19-13-7-6-10(16)9-12(13)17;1-15(2,3)13-5-4-10-17-14(13)18-12-8-6-11(16)7-9-12;1-9(2,3)8-5-4-7(10)6-11-8;1-9(2,3)8-4-6-10-7-5-8;1-9(2,3)8-5-4-6-10-7-8;1-9(2,3)8-6-4-5-7-10-8;1-7(2)9-8(3)5-4-6-10-9;1-8(2,3)7-6-9-4-5-10-7/h4-9H,1-3H3;4-10H,1-3H3;4-6H,1-3H3;4*4-7H,1-3H3;4-6H,1-3H3. The van der Waals surface area contributed by atoms with Crippen LogP contribution in [-0.2, 0) is 37.9 Å². The van der Waals surface area contributed by atoms with Gasteiger partial charge in [0.25, 0.3) is 0 Å². The summed E-state index contributed by atoms with van der Waals surface area (Å²) in [7, 11) is 0. The molecule has 0 radical (unpaired) electrons. The molecule has 0 amide bonds. The molecule has 0 saturated carbocycles. The minimum absolute atomic E-state index is 0.0365. The summed E-state index contributed by atoms with van der Waals surface area (Å²) in [6.07, 6.45) is 21.2. The van der Waals surface area contributed by atoms with E-state index in [1.165, 1.54) is 40.6 Å². The lowest BCUT2D eigenvalue weighted by Gasteiger charge is -2.21. The summed E-state index contributed by atoms with van der Waals surface area (Å²) in [5, 5.41) is 0.693. The lowest BCUT2D eigenvalue weighted by Crippen LogP contribution is -2.13. The van der Waals surface area contributed by atoms with E-state index in [2.05, 4.69) is 221 Å². The predicted molar refractivity (Wildman–Crippen MR) is 399 cm³/mol. The number of aryl methyl sites for hydroxylation is 1. The van der Waals surface area contributed by atoms with E-state index in [0.717, 1.165) is 40.3 Å². The highest BCUT2D eigenvalue weighted by Crippen LogP contribution is 2.35. The Bertz CT molecular complexity index is 3660. The van der Waals surface area contributed by atoms with Gasteiger partial charge in [-0.15, -0.1) is 0 Å². The Balaban J connectivity index is 0.000000296. The van der Waals surface area contributed by atoms with E-state index in [0.29, 0.717) is 28.5 Å². The van der Waals surface area contributed by atoms with E-state index in [-0.39, 0.29) is 49.5 Å². The van der Waals surface area contributed by atoms with E-state index in [9.17, 15) is 13.2 Å². The molecular formula is C83H107ClF3N9O2. The third-order valence-corrected chi connectivity index (χ3v) is 14.4. The molecule has 8 heterocycles. The number of benzene rings is 2. The number of halogens is 4. The fourth-order valence-electron chi connectivity index (χ4n) is 8.44. The van der Waals surface area contributed by atoms with Crippen LogP contribution in [0.1, 0.15) is 216 Å². The number of hydrogen-bond acceptors (Lipinski definition) is 11. The summed E-state index contributed by atoms with van der Waals surface area (Å²) in [5.41, 5.74) is 10.9. The molecule has 0 bridgehead atoms. The molecule has 0 fully saturated rings. The fourth-order valence-corrected chi connectivity index (χ4v) is 8.55. The number of pyridine rings is 7. The lowest BCUT2D eigenvalue weighted by atomic mass is 9.88. The predicted octanol–water partition coefficient (Wildman–Crippen LogP) is 23.2. The van der Waals surface area contributed by atoms with Crippen molar-refractivity contribution in [1.29, 1.82) is 0 Å². The van der Waals surface area contributed by atoms with Gasteiger partial charge in [-0.2, -0.15) is 0 Å². The molecule has 98 heavy (non-hydrogen) atoms. The Hall–Kier alpha value is -8.75. The number of nitrogens with zero attached hydrogens (tertiary/aromatic N) is 9. The van der Waals surface area contributed by atoms with E-state index >= 15 is 0 Å². The number of aromatic nitrogens is 9. The summed E-state index contributed by atoms with van der Waals surface area (Å²) in [6.45, 7) is 51.1. The van der Waals surface area contributed by atoms with E-state index in [1.54, 1.807) is 61.6 Å². The molecule has 15 heteroatoms. The Morgan fingerprint density at radius 1 is 0.357 bits per heavy atom. The molecule has 11 nitrogen and oxygen atoms in total. The second-order valence-electron chi connectivity index (χ2n) is 30.7. The van der Waals surface area contributed by atoms with Crippen LogP contribution in [0.15, 0.2) is 208 Å². The van der Waals surface area contributed by atoms with Gasteiger partial charge in [-0.25, -0.2) is 23.1 Å². The first-order chi connectivity index (χ1) is 45.5. The second-order valence-corrected chi connectivity index (χ2v) is 31.1. The van der Waals surface area contributed by atoms with Crippen molar-refractivity contribution >= 4 is 11.6 Å². The second kappa shape index (κ2) is 38.4. The van der Waals surface area contributed by atoms with E-state index in [1.807, 2.05) is 106 Å². The number of ether oxygens (including phenoxy) is 2. The van der Waals surface area contributed by atoms with Crippen molar-refractivity contribution in [2.75, 3.05) is 0 Å². The molecule has 0 unspecified atom stereocenters. The van der Waals surface area contributed by atoms with Gasteiger partial charge in [0.05, 0.1) is 10.7 Å². The minimum atomic E-state index is -0.745. The molecule has 0 saturated heterocycles. The van der Waals surface area contributed by atoms with Crippen LogP contribution >= 0.6 is 11.6 Å². The topological polar surface area (TPSA) is 134 Å². The average molecular weight is 1360 g/mol. The van der Waals surface area contributed by atoms with Crippen molar-refractivity contribution in [2.45, 2.75) is 210 Å². The van der Waals surface area contributed by atoms with Crippen LogP contribution < -0.4 is 9.47 Å². The van der Waals surface area contributed by atoms with Gasteiger partial charge in [0.15, 0.2) is 11.6 Å². The summed E-state index contributed by atoms with van der Waals surface area (Å²) >= 11 is 5.70. The van der Waals surface area contributed by atoms with Crippen LogP contribution in [0.3, 0.4) is 0 Å². The van der Waals surface area contributed by atoms with Gasteiger partial charge in [0.2, 0.25) is 11.8 Å². The monoisotopic (exact) mass is 1350 g/mol. The summed E-state index contributed by atoms with van der Waals surface area (Å²) in [4.78, 5) is 37.3. The zero-order valence-electron chi connectivity index (χ0n) is 62.6. The maximum Gasteiger partial charge on any atom is 0.223 e. The van der Waals surface area contributed by atoms with Gasteiger partial charge in [0, 0.05) is 125 Å². The van der Waals surface area contributed by atoms with Crippen LogP contribution in [0.2, 0.25) is 5.02 Å². The van der Waals surface area contributed by atoms with Crippen LogP contribution in [0.5, 0.6) is 23.3 Å². The Morgan fingerprint density at radius 3 is 1.23 bits per heavy atom. The highest BCUT2D eigenvalue weighted by Gasteiger charge is 2.23. The quantitative estimate of drug-likeness (QED) is 0.163. The minimum Gasteiger partial charge on any atom is -0.439 e. The molecule has 0 atom stereocenters. The molecule has 524 valence electrons. The molecule has 0 aliphatic heterocycles. The smallest absolute Gasteiger partial charge is 0.223 e. The Labute approximate surface area is 590 Å². The largest absolute Gasteiger partial charge is 0.439 e. The molecule has 10 aromatic rings. The van der Waals surface area contributed by atoms with Crippen molar-refractivity contribution in [3.05, 3.63) is 281 Å². The lowest BCUT2D eigenvalue weighted by molar-refractivity contribution is 0.407. The molecule has 0 aliphatic rings. The Morgan fingerprint density at radius 2 is 0.847 bits per heavy atom. The molecule has 2 aromatic carbocycles. The van der Waals surface area contributed by atoms with Gasteiger partial charge >= 0.3 is 0 Å². The first-order valence-corrected chi connectivity index (χ1v) is 33.4. The van der Waals surface area contributed by atoms with Gasteiger partial charge < -0.3 is 9.47 Å². The third-order valence-electron chi connectivity index (χ3n) is 14.2. The fraction of sp³-hybridized carbons (Fsp3) is 0.386. The first-order valence-electron chi connectivity index (χ1n) is 33.0. The highest BCUT2D eigenvalue weighted by molar-refractivity contribution is 6.30. The first kappa shape index (κ1) is 83.5. The van der Waals surface area contributed by atoms with Crippen LogP contribution in [0, 0.1) is 24.4 Å². The van der Waals surface area contributed by atoms with Gasteiger partial charge in [0.1, 0.15) is 17.4 Å². The maximum absolute atomic E-state index is 13.6. The zero-order chi connectivity index (χ0) is 73.7. The van der Waals surface area contributed by atoms with Gasteiger partial charge in [-0.05, 0) is 148 Å². The van der Waals surface area contributed by atoms with E-state index in [4.69, 9.17) is 21.1 Å². The summed E-state index contributed by atoms with van der Waals surface area (Å²) in [6, 6.07) is 38.8. The Kier molecular flexibility index (Phi) is 32.7. The van der Waals surface area contributed by atoms with Crippen LogP contribution in [-0.4, -0.2) is 44.9 Å². The van der Waals surface area contributed by atoms with Crippen molar-refractivity contribution < 1.29 is 22.6 Å². The average Bonchev–Trinajstić information content (AvgIpc) is 0.823. The number of rotatable bonds is 5. The summed E-state index contributed by atoms with van der Waals surface area (Å²) < 4.78 is 50.4. The summed E-state index contributed by atoms with van der Waals surface area (Å²) in [5.74, 6) is 0.330. The van der Waals surface area contributed by atoms with Crippen LogP contribution in [0.4, 0.5) is 13.2 Å².